The number of nitro groups is 1. The Morgan fingerprint density at radius 1 is 1.53 bits per heavy atom. The molecule has 0 amide bonds. The van der Waals surface area contributed by atoms with E-state index >= 15 is 0 Å². The summed E-state index contributed by atoms with van der Waals surface area (Å²) >= 11 is 0. The van der Waals surface area contributed by atoms with Gasteiger partial charge < -0.3 is 20.0 Å². The monoisotopic (exact) mass is 282 g/mol. The molecule has 0 unspecified atom stereocenters. The van der Waals surface area contributed by atoms with Gasteiger partial charge in [0.15, 0.2) is 5.69 Å². The molecule has 0 fully saturated rings. The number of halogens is 3. The summed E-state index contributed by atoms with van der Waals surface area (Å²) in [6.07, 6.45) is -6.29. The summed E-state index contributed by atoms with van der Waals surface area (Å²) in [5.74, 6) is -3.86. The summed E-state index contributed by atoms with van der Waals surface area (Å²) in [4.78, 5) is 32.9. The van der Waals surface area contributed by atoms with Crippen molar-refractivity contribution in [3.05, 3.63) is 32.1 Å². The molecule has 0 aromatic carbocycles. The number of H-pyrrole nitrogens is 1. The van der Waals surface area contributed by atoms with Gasteiger partial charge in [0, 0.05) is 0 Å². The standard InChI is InChI=1S/C8H5F3N2O6/c9-8(10,11)19-7-3(1-6(15)16)12-5(13(17)18)2-4(7)14/h2H,1H2,(H,12,14)(H,15,16). The van der Waals surface area contributed by atoms with E-state index in [0.29, 0.717) is 0 Å². The van der Waals surface area contributed by atoms with E-state index in [4.69, 9.17) is 5.11 Å². The molecule has 0 saturated carbocycles. The van der Waals surface area contributed by atoms with Gasteiger partial charge in [-0.2, -0.15) is 0 Å². The average Bonchev–Trinajstić information content (AvgIpc) is 2.20. The fourth-order valence-corrected chi connectivity index (χ4v) is 1.19. The van der Waals surface area contributed by atoms with Crippen LogP contribution in [0.1, 0.15) is 5.69 Å². The number of hydrogen-bond acceptors (Lipinski definition) is 5. The molecule has 0 bridgehead atoms. The molecule has 0 atom stereocenters. The highest BCUT2D eigenvalue weighted by Crippen LogP contribution is 2.24. The molecule has 0 aliphatic rings. The van der Waals surface area contributed by atoms with E-state index in [-0.39, 0.29) is 6.07 Å². The van der Waals surface area contributed by atoms with E-state index in [1.165, 1.54) is 0 Å². The van der Waals surface area contributed by atoms with E-state index < -0.39 is 46.4 Å². The molecule has 104 valence electrons. The fourth-order valence-electron chi connectivity index (χ4n) is 1.19. The average molecular weight is 282 g/mol. The first-order valence-corrected chi connectivity index (χ1v) is 4.48. The Kier molecular flexibility index (Phi) is 3.77. The third-order valence-electron chi connectivity index (χ3n) is 1.79. The van der Waals surface area contributed by atoms with Crippen LogP contribution in [0.15, 0.2) is 10.9 Å². The van der Waals surface area contributed by atoms with Crippen LogP contribution < -0.4 is 10.2 Å². The van der Waals surface area contributed by atoms with Gasteiger partial charge in [-0.25, -0.2) is 4.98 Å². The normalized spacial score (nSPS) is 11.1. The van der Waals surface area contributed by atoms with Crippen LogP contribution in [-0.2, 0) is 11.2 Å². The number of nitrogens with one attached hydrogen (secondary N) is 1. The van der Waals surface area contributed by atoms with Crippen molar-refractivity contribution in [3.63, 3.8) is 0 Å². The molecular formula is C8H5F3N2O6. The lowest BCUT2D eigenvalue weighted by Gasteiger charge is -2.09. The largest absolute Gasteiger partial charge is 0.573 e. The lowest BCUT2D eigenvalue weighted by atomic mass is 10.2. The summed E-state index contributed by atoms with van der Waals surface area (Å²) in [6.45, 7) is 0. The lowest BCUT2D eigenvalue weighted by Crippen LogP contribution is -2.24. The molecular weight excluding hydrogens is 277 g/mol. The zero-order chi connectivity index (χ0) is 14.8. The number of aromatic nitrogens is 1. The first-order valence-electron chi connectivity index (χ1n) is 4.48. The highest BCUT2D eigenvalue weighted by atomic mass is 19.4. The van der Waals surface area contributed by atoms with Crippen molar-refractivity contribution in [1.82, 2.24) is 4.98 Å². The predicted octanol–water partition coefficient (Wildman–Crippen LogP) is 0.809. The SMILES string of the molecule is O=C(O)Cc1[nH]c([N+](=O)[O-])cc(=O)c1OC(F)(F)F. The summed E-state index contributed by atoms with van der Waals surface area (Å²) in [5, 5.41) is 18.9. The molecule has 8 nitrogen and oxygen atoms in total. The third kappa shape index (κ3) is 3.97. The Morgan fingerprint density at radius 2 is 2.11 bits per heavy atom. The van der Waals surface area contributed by atoms with Crippen LogP contribution in [0.25, 0.3) is 0 Å². The second-order valence-electron chi connectivity index (χ2n) is 3.20. The molecule has 0 aliphatic heterocycles. The van der Waals surface area contributed by atoms with E-state index in [9.17, 15) is 32.9 Å². The van der Waals surface area contributed by atoms with E-state index in [1.54, 1.807) is 4.98 Å². The van der Waals surface area contributed by atoms with Gasteiger partial charge in [-0.1, -0.05) is 0 Å². The number of rotatable bonds is 4. The van der Waals surface area contributed by atoms with Crippen LogP contribution in [0.4, 0.5) is 19.0 Å². The minimum atomic E-state index is -5.23. The Morgan fingerprint density at radius 3 is 2.53 bits per heavy atom. The zero-order valence-corrected chi connectivity index (χ0v) is 8.85. The second kappa shape index (κ2) is 4.96. The Hall–Kier alpha value is -2.59. The number of alkyl halides is 3. The molecule has 0 aliphatic carbocycles. The van der Waals surface area contributed by atoms with Gasteiger partial charge in [-0.15, -0.1) is 13.2 Å². The second-order valence-corrected chi connectivity index (χ2v) is 3.20. The lowest BCUT2D eigenvalue weighted by molar-refractivity contribution is -0.389. The molecule has 0 spiro atoms. The molecule has 1 rings (SSSR count). The van der Waals surface area contributed by atoms with Crippen LogP contribution in [0.3, 0.4) is 0 Å². The molecule has 1 aromatic heterocycles. The molecule has 1 heterocycles. The highest BCUT2D eigenvalue weighted by molar-refractivity contribution is 5.70. The van der Waals surface area contributed by atoms with Gasteiger partial charge in [0.05, 0.1) is 6.07 Å². The van der Waals surface area contributed by atoms with Crippen LogP contribution in [0.2, 0.25) is 0 Å². The van der Waals surface area contributed by atoms with Gasteiger partial charge >= 0.3 is 18.1 Å². The summed E-state index contributed by atoms with van der Waals surface area (Å²) in [5.41, 5.74) is -2.29. The molecule has 0 saturated heterocycles. The van der Waals surface area contributed by atoms with Crippen LogP contribution >= 0.6 is 0 Å². The van der Waals surface area contributed by atoms with Gasteiger partial charge in [0.1, 0.15) is 6.42 Å². The number of ether oxygens (including phenoxy) is 1. The molecule has 1 aromatic rings. The first kappa shape index (κ1) is 14.5. The van der Waals surface area contributed by atoms with Crippen molar-refractivity contribution < 1.29 is 32.7 Å². The van der Waals surface area contributed by atoms with Crippen molar-refractivity contribution in [2.24, 2.45) is 0 Å². The smallest absolute Gasteiger partial charge is 0.481 e. The van der Waals surface area contributed by atoms with Crippen molar-refractivity contribution in [2.45, 2.75) is 12.8 Å². The number of aliphatic carboxylic acids is 1. The fraction of sp³-hybridized carbons (Fsp3) is 0.250. The van der Waals surface area contributed by atoms with Gasteiger partial charge in [0.2, 0.25) is 11.2 Å². The van der Waals surface area contributed by atoms with Gasteiger partial charge in [-0.3, -0.25) is 9.59 Å². The summed E-state index contributed by atoms with van der Waals surface area (Å²) in [6, 6.07) is 0.270. The van der Waals surface area contributed by atoms with Crippen LogP contribution in [0.5, 0.6) is 5.75 Å². The highest BCUT2D eigenvalue weighted by Gasteiger charge is 2.35. The van der Waals surface area contributed by atoms with Crippen molar-refractivity contribution >= 4 is 11.8 Å². The number of pyridine rings is 1. The first-order chi connectivity index (χ1) is 8.60. The molecule has 0 radical (unpaired) electrons. The molecule has 19 heavy (non-hydrogen) atoms. The number of hydrogen-bond donors (Lipinski definition) is 2. The van der Waals surface area contributed by atoms with Crippen LogP contribution in [0, 0.1) is 10.1 Å². The van der Waals surface area contributed by atoms with E-state index in [0.717, 1.165) is 0 Å². The number of carboxylic acid groups (broad SMARTS) is 1. The molecule has 11 heteroatoms. The summed E-state index contributed by atoms with van der Waals surface area (Å²) in [7, 11) is 0. The van der Waals surface area contributed by atoms with Gasteiger partial charge in [-0.05, 0) is 4.92 Å². The maximum atomic E-state index is 12.0. The maximum absolute atomic E-state index is 12.0. The van der Waals surface area contributed by atoms with Crippen molar-refractivity contribution in [3.8, 4) is 5.75 Å². The number of carbonyl (C=O) groups is 1. The van der Waals surface area contributed by atoms with Crippen molar-refractivity contribution in [2.75, 3.05) is 0 Å². The van der Waals surface area contributed by atoms with Crippen molar-refractivity contribution in [1.29, 1.82) is 0 Å². The summed E-state index contributed by atoms with van der Waals surface area (Å²) < 4.78 is 39.5. The van der Waals surface area contributed by atoms with E-state index in [2.05, 4.69) is 4.74 Å². The van der Waals surface area contributed by atoms with Gasteiger partial charge in [0.25, 0.3) is 0 Å². The quantitative estimate of drug-likeness (QED) is 0.622. The topological polar surface area (TPSA) is 123 Å². The van der Waals surface area contributed by atoms with E-state index in [1.807, 2.05) is 0 Å². The van der Waals surface area contributed by atoms with Crippen LogP contribution in [-0.4, -0.2) is 27.3 Å². The maximum Gasteiger partial charge on any atom is 0.573 e. The number of nitrogens with zero attached hydrogens (tertiary/aromatic N) is 1. The Balaban J connectivity index is 3.39. The minimum Gasteiger partial charge on any atom is -0.481 e. The molecule has 2 N–H and O–H groups in total. The zero-order valence-electron chi connectivity index (χ0n) is 8.85. The minimum absolute atomic E-state index is 0.270. The number of carboxylic acids is 1. The predicted molar refractivity (Wildman–Crippen MR) is 51.7 cm³/mol. The third-order valence-corrected chi connectivity index (χ3v) is 1.79. The Labute approximate surface area is 101 Å². The number of aromatic amines is 1. The Bertz CT molecular complexity index is 579.